The van der Waals surface area contributed by atoms with Crippen LogP contribution in [-0.2, 0) is 4.79 Å². The molecule has 0 radical (unpaired) electrons. The van der Waals surface area contributed by atoms with Crippen molar-refractivity contribution in [1.29, 1.82) is 5.26 Å². The highest BCUT2D eigenvalue weighted by molar-refractivity contribution is 7.16. The van der Waals surface area contributed by atoms with Gasteiger partial charge in [-0.15, -0.1) is 0 Å². The van der Waals surface area contributed by atoms with Crippen LogP contribution >= 0.6 is 11.3 Å². The van der Waals surface area contributed by atoms with E-state index in [1.807, 2.05) is 30.0 Å². The summed E-state index contributed by atoms with van der Waals surface area (Å²) in [6.45, 7) is 5.85. The zero-order chi connectivity index (χ0) is 30.5. The van der Waals surface area contributed by atoms with Crippen molar-refractivity contribution in [2.45, 2.75) is 32.4 Å². The van der Waals surface area contributed by atoms with E-state index in [0.29, 0.717) is 34.2 Å². The molecule has 0 aliphatic carbocycles. The Hall–Kier alpha value is -3.95. The Bertz CT molecular complexity index is 1560. The van der Waals surface area contributed by atoms with E-state index in [0.717, 1.165) is 56.2 Å². The molecule has 2 saturated heterocycles. The maximum absolute atomic E-state index is 15.7. The predicted molar refractivity (Wildman–Crippen MR) is 162 cm³/mol. The number of fused-ring (bicyclic) bond motifs is 1. The minimum absolute atomic E-state index is 0.0905. The zero-order valence-corrected chi connectivity index (χ0v) is 25.7. The number of halogens is 2. The van der Waals surface area contributed by atoms with Gasteiger partial charge in [-0.3, -0.25) is 9.69 Å². The third-order valence-corrected chi connectivity index (χ3v) is 9.93. The van der Waals surface area contributed by atoms with Crippen molar-refractivity contribution in [1.82, 2.24) is 29.9 Å². The van der Waals surface area contributed by atoms with Gasteiger partial charge in [0, 0.05) is 58.0 Å². The number of rotatable bonds is 7. The molecule has 2 atom stereocenters. The minimum atomic E-state index is -0.654. The average molecular weight is 607 g/mol. The lowest BCUT2D eigenvalue weighted by atomic mass is 9.86. The SMILES string of the molecule is CCC1=C(N(C)c2nc(-c3ccc(F)cc3)c(C#N)s2)N2C=C(N3CCC4(CCN(CC(=O)N(C)C)C4)C3)C=C(F)C2N1. The molecule has 2 fully saturated rings. The van der Waals surface area contributed by atoms with Crippen molar-refractivity contribution in [3.8, 4) is 17.3 Å². The van der Waals surface area contributed by atoms with Crippen LogP contribution in [0.4, 0.5) is 13.9 Å². The molecule has 4 aliphatic rings. The summed E-state index contributed by atoms with van der Waals surface area (Å²) >= 11 is 1.25. The summed E-state index contributed by atoms with van der Waals surface area (Å²) in [6.07, 6.45) is 5.66. The number of carbonyl (C=O) groups is 1. The number of hydrogen-bond donors (Lipinski definition) is 1. The summed E-state index contributed by atoms with van der Waals surface area (Å²) < 4.78 is 29.3. The highest BCUT2D eigenvalue weighted by atomic mass is 32.1. The molecule has 2 aromatic rings. The van der Waals surface area contributed by atoms with Gasteiger partial charge in [0.1, 0.15) is 34.1 Å². The van der Waals surface area contributed by atoms with Gasteiger partial charge in [0.25, 0.3) is 0 Å². The van der Waals surface area contributed by atoms with Gasteiger partial charge in [-0.2, -0.15) is 5.26 Å². The Morgan fingerprint density at radius 1 is 1.19 bits per heavy atom. The van der Waals surface area contributed by atoms with Crippen LogP contribution < -0.4 is 10.2 Å². The van der Waals surface area contributed by atoms with Crippen molar-refractivity contribution in [3.63, 3.8) is 0 Å². The molecule has 9 nitrogen and oxygen atoms in total. The van der Waals surface area contributed by atoms with Crippen molar-refractivity contribution in [2.24, 2.45) is 5.41 Å². The first-order valence-electron chi connectivity index (χ1n) is 14.6. The van der Waals surface area contributed by atoms with Crippen molar-refractivity contribution in [2.75, 3.05) is 58.8 Å². The van der Waals surface area contributed by atoms with Gasteiger partial charge >= 0.3 is 0 Å². The molecule has 2 unspecified atom stereocenters. The van der Waals surface area contributed by atoms with Crippen LogP contribution in [0.25, 0.3) is 11.3 Å². The van der Waals surface area contributed by atoms with Gasteiger partial charge in [-0.25, -0.2) is 13.8 Å². The first kappa shape index (κ1) is 29.1. The molecular weight excluding hydrogens is 570 g/mol. The van der Waals surface area contributed by atoms with E-state index in [1.165, 1.54) is 23.5 Å². The summed E-state index contributed by atoms with van der Waals surface area (Å²) in [5.74, 6) is 0.273. The molecule has 4 aliphatic heterocycles. The van der Waals surface area contributed by atoms with E-state index in [-0.39, 0.29) is 23.0 Å². The fraction of sp³-hybridized carbons (Fsp3) is 0.452. The number of nitriles is 1. The number of likely N-dealkylation sites (N-methyl/N-ethyl adjacent to an activating group) is 1. The normalized spacial score (nSPS) is 23.3. The van der Waals surface area contributed by atoms with Gasteiger partial charge in [-0.05, 0) is 56.1 Å². The number of amides is 1. The average Bonchev–Trinajstić information content (AvgIpc) is 3.78. The fourth-order valence-electron chi connectivity index (χ4n) is 6.53. The quantitative estimate of drug-likeness (QED) is 0.501. The van der Waals surface area contributed by atoms with Crippen LogP contribution in [0, 0.1) is 22.6 Å². The first-order chi connectivity index (χ1) is 20.6. The standard InChI is InChI=1S/C31H36F2N8OS/c1-5-24-29(38(4)30-36-27(25(15-34)43-30)20-6-8-21(32)9-7-20)41-16-22(14-23(33)28(41)35-24)40-13-11-31(19-40)10-12-39(18-31)17-26(42)37(2)3/h6-9,14,16,28,35H,5,10-13,17-19H2,1-4H3. The molecule has 43 heavy (non-hydrogen) atoms. The number of anilines is 1. The molecule has 1 amide bonds. The molecule has 12 heteroatoms. The Morgan fingerprint density at radius 2 is 1.93 bits per heavy atom. The Morgan fingerprint density at radius 3 is 2.63 bits per heavy atom. The third kappa shape index (κ3) is 5.36. The Kier molecular flexibility index (Phi) is 7.64. The number of nitrogens with one attached hydrogen (secondary N) is 1. The number of hydrogen-bond acceptors (Lipinski definition) is 9. The van der Waals surface area contributed by atoms with E-state index >= 15 is 4.39 Å². The predicted octanol–water partition coefficient (Wildman–Crippen LogP) is 4.26. The van der Waals surface area contributed by atoms with Crippen LogP contribution in [0.2, 0.25) is 0 Å². The number of likely N-dealkylation sites (tertiary alicyclic amines) is 2. The van der Waals surface area contributed by atoms with Crippen LogP contribution in [0.15, 0.2) is 59.6 Å². The summed E-state index contributed by atoms with van der Waals surface area (Å²) in [5, 5.41) is 13.8. The monoisotopic (exact) mass is 606 g/mol. The van der Waals surface area contributed by atoms with Crippen LogP contribution in [-0.4, -0.2) is 90.5 Å². The molecular formula is C31H36F2N8OS. The van der Waals surface area contributed by atoms with Crippen LogP contribution in [0.3, 0.4) is 0 Å². The van der Waals surface area contributed by atoms with E-state index in [2.05, 4.69) is 21.2 Å². The Balaban J connectivity index is 1.24. The molecule has 1 aromatic carbocycles. The largest absolute Gasteiger partial charge is 0.370 e. The molecule has 0 saturated carbocycles. The van der Waals surface area contributed by atoms with Gasteiger partial charge in [0.2, 0.25) is 5.91 Å². The van der Waals surface area contributed by atoms with Crippen molar-refractivity contribution in [3.05, 3.63) is 70.3 Å². The Labute approximate surface area is 255 Å². The molecule has 0 bridgehead atoms. The summed E-state index contributed by atoms with van der Waals surface area (Å²) in [4.78, 5) is 27.4. The smallest absolute Gasteiger partial charge is 0.236 e. The molecule has 1 aromatic heterocycles. The van der Waals surface area contributed by atoms with Gasteiger partial charge in [-0.1, -0.05) is 18.3 Å². The van der Waals surface area contributed by atoms with Crippen molar-refractivity contribution < 1.29 is 13.6 Å². The van der Waals surface area contributed by atoms with Crippen LogP contribution in [0.5, 0.6) is 0 Å². The number of nitrogens with zero attached hydrogens (tertiary/aromatic N) is 7. The highest BCUT2D eigenvalue weighted by Crippen LogP contribution is 2.43. The second-order valence-corrected chi connectivity index (χ2v) is 12.9. The lowest BCUT2D eigenvalue weighted by Crippen LogP contribution is -2.41. The molecule has 5 heterocycles. The summed E-state index contributed by atoms with van der Waals surface area (Å²) in [7, 11) is 5.45. The first-order valence-corrected chi connectivity index (χ1v) is 15.4. The molecule has 1 spiro atoms. The van der Waals surface area contributed by atoms with Gasteiger partial charge < -0.3 is 24.9 Å². The summed E-state index contributed by atoms with van der Waals surface area (Å²) in [5.41, 5.74) is 2.95. The second-order valence-electron chi connectivity index (χ2n) is 12.0. The number of benzene rings is 1. The number of carbonyl (C=O) groups excluding carboxylic acids is 1. The number of allylic oxidation sites excluding steroid dienone is 2. The molecule has 1 N–H and O–H groups in total. The minimum Gasteiger partial charge on any atom is -0.370 e. The lowest BCUT2D eigenvalue weighted by molar-refractivity contribution is -0.129. The second kappa shape index (κ2) is 11.3. The topological polar surface area (TPSA) is 82.0 Å². The lowest BCUT2D eigenvalue weighted by Gasteiger charge is -2.34. The van der Waals surface area contributed by atoms with E-state index in [4.69, 9.17) is 4.98 Å². The van der Waals surface area contributed by atoms with Crippen molar-refractivity contribution >= 4 is 22.4 Å². The molecule has 226 valence electrons. The van der Waals surface area contributed by atoms with E-state index in [1.54, 1.807) is 37.2 Å². The van der Waals surface area contributed by atoms with Gasteiger partial charge in [0.05, 0.1) is 17.9 Å². The molecule has 6 rings (SSSR count). The zero-order valence-electron chi connectivity index (χ0n) is 24.9. The maximum Gasteiger partial charge on any atom is 0.236 e. The third-order valence-electron chi connectivity index (χ3n) is 8.89. The fourth-order valence-corrected chi connectivity index (χ4v) is 7.38. The van der Waals surface area contributed by atoms with Gasteiger partial charge in [0.15, 0.2) is 11.3 Å². The summed E-state index contributed by atoms with van der Waals surface area (Å²) in [6, 6.07) is 8.17. The number of aromatic nitrogens is 1. The van der Waals surface area contributed by atoms with E-state index < -0.39 is 6.17 Å². The highest BCUT2D eigenvalue weighted by Gasteiger charge is 2.45. The van der Waals surface area contributed by atoms with Crippen LogP contribution in [0.1, 0.15) is 31.1 Å². The van der Waals surface area contributed by atoms with E-state index in [9.17, 15) is 14.4 Å². The number of thiazole rings is 1. The maximum atomic E-state index is 15.7.